The van der Waals surface area contributed by atoms with E-state index in [-0.39, 0.29) is 12.0 Å². The molecule has 94 valence electrons. The lowest BCUT2D eigenvalue weighted by Crippen LogP contribution is -2.21. The molecular formula is C12H17FN2O2. The Labute approximate surface area is 100 Å². The van der Waals surface area contributed by atoms with Gasteiger partial charge in [-0.1, -0.05) is 6.07 Å². The van der Waals surface area contributed by atoms with Crippen molar-refractivity contribution in [2.75, 3.05) is 32.5 Å². The van der Waals surface area contributed by atoms with Crippen molar-refractivity contribution in [1.82, 2.24) is 4.90 Å². The Hall–Kier alpha value is -1.62. The number of carboxylic acids is 1. The summed E-state index contributed by atoms with van der Waals surface area (Å²) in [7, 11) is 3.87. The molecule has 0 saturated heterocycles. The molecule has 0 unspecified atom stereocenters. The number of nitrogens with one attached hydrogen (secondary N) is 1. The van der Waals surface area contributed by atoms with E-state index < -0.39 is 11.8 Å². The maximum Gasteiger partial charge on any atom is 0.308 e. The van der Waals surface area contributed by atoms with Crippen molar-refractivity contribution in [3.63, 3.8) is 0 Å². The fraction of sp³-hybridized carbons (Fsp3) is 0.417. The number of halogens is 1. The molecule has 1 aromatic rings. The van der Waals surface area contributed by atoms with Crippen LogP contribution in [0.1, 0.15) is 5.56 Å². The molecular weight excluding hydrogens is 223 g/mol. The molecule has 0 amide bonds. The number of nitrogens with zero attached hydrogens (tertiary/aromatic N) is 1. The number of hydrogen-bond donors (Lipinski definition) is 2. The lowest BCUT2D eigenvalue weighted by Gasteiger charge is -2.14. The molecule has 0 aliphatic heterocycles. The number of benzene rings is 1. The Morgan fingerprint density at radius 2 is 2.18 bits per heavy atom. The second-order valence-electron chi connectivity index (χ2n) is 4.07. The van der Waals surface area contributed by atoms with Crippen LogP contribution in [-0.2, 0) is 11.2 Å². The van der Waals surface area contributed by atoms with Crippen LogP contribution in [0.4, 0.5) is 10.1 Å². The second-order valence-corrected chi connectivity index (χ2v) is 4.07. The molecule has 0 aliphatic rings. The lowest BCUT2D eigenvalue weighted by atomic mass is 10.1. The predicted octanol–water partition coefficient (Wildman–Crippen LogP) is 1.43. The molecule has 0 fully saturated rings. The summed E-state index contributed by atoms with van der Waals surface area (Å²) in [4.78, 5) is 12.6. The highest BCUT2D eigenvalue weighted by Gasteiger charge is 2.11. The van der Waals surface area contributed by atoms with E-state index >= 15 is 0 Å². The van der Waals surface area contributed by atoms with E-state index in [2.05, 4.69) is 5.32 Å². The molecule has 0 saturated carbocycles. The topological polar surface area (TPSA) is 52.6 Å². The number of likely N-dealkylation sites (N-methyl/N-ethyl adjacent to an activating group) is 1. The molecule has 0 radical (unpaired) electrons. The van der Waals surface area contributed by atoms with Crippen molar-refractivity contribution in [2.24, 2.45) is 0 Å². The van der Waals surface area contributed by atoms with Crippen LogP contribution in [0.25, 0.3) is 0 Å². The van der Waals surface area contributed by atoms with E-state index in [0.717, 1.165) is 6.54 Å². The zero-order chi connectivity index (χ0) is 12.8. The summed E-state index contributed by atoms with van der Waals surface area (Å²) in [5.41, 5.74) is 0.757. The third-order valence-electron chi connectivity index (χ3n) is 2.32. The van der Waals surface area contributed by atoms with Gasteiger partial charge in [-0.2, -0.15) is 0 Å². The first kappa shape index (κ1) is 13.4. The zero-order valence-corrected chi connectivity index (χ0v) is 10.0. The Bertz CT molecular complexity index is 394. The SMILES string of the molecule is CN(C)CCNc1cccc(F)c1CC(=O)O. The van der Waals surface area contributed by atoms with Gasteiger partial charge in [0.1, 0.15) is 5.82 Å². The van der Waals surface area contributed by atoms with Crippen molar-refractivity contribution >= 4 is 11.7 Å². The highest BCUT2D eigenvalue weighted by atomic mass is 19.1. The van der Waals surface area contributed by atoms with Crippen molar-refractivity contribution in [2.45, 2.75) is 6.42 Å². The first-order chi connectivity index (χ1) is 8.00. The first-order valence-electron chi connectivity index (χ1n) is 5.38. The van der Waals surface area contributed by atoms with Gasteiger partial charge in [0.15, 0.2) is 0 Å². The largest absolute Gasteiger partial charge is 0.481 e. The number of hydrogen-bond acceptors (Lipinski definition) is 3. The minimum absolute atomic E-state index is 0.207. The average Bonchev–Trinajstić information content (AvgIpc) is 2.22. The van der Waals surface area contributed by atoms with Crippen LogP contribution in [0.2, 0.25) is 0 Å². The van der Waals surface area contributed by atoms with Gasteiger partial charge in [-0.05, 0) is 26.2 Å². The summed E-state index contributed by atoms with van der Waals surface area (Å²) in [6.07, 6.45) is -0.309. The zero-order valence-electron chi connectivity index (χ0n) is 10.0. The Kier molecular flexibility index (Phi) is 4.90. The first-order valence-corrected chi connectivity index (χ1v) is 5.38. The van der Waals surface area contributed by atoms with Gasteiger partial charge in [0.2, 0.25) is 0 Å². The fourth-order valence-corrected chi connectivity index (χ4v) is 1.47. The molecule has 0 spiro atoms. The maximum absolute atomic E-state index is 13.5. The van der Waals surface area contributed by atoms with Gasteiger partial charge in [0.05, 0.1) is 6.42 Å². The molecule has 0 aliphatic carbocycles. The normalized spacial score (nSPS) is 10.6. The smallest absolute Gasteiger partial charge is 0.308 e. The van der Waals surface area contributed by atoms with Gasteiger partial charge in [0.25, 0.3) is 0 Å². The minimum atomic E-state index is -1.04. The number of carbonyl (C=O) groups is 1. The summed E-state index contributed by atoms with van der Waals surface area (Å²) >= 11 is 0. The summed E-state index contributed by atoms with van der Waals surface area (Å²) < 4.78 is 13.5. The van der Waals surface area contributed by atoms with Gasteiger partial charge in [-0.3, -0.25) is 4.79 Å². The molecule has 5 heteroatoms. The summed E-state index contributed by atoms with van der Waals surface area (Å²) in [5.74, 6) is -1.52. The predicted molar refractivity (Wildman–Crippen MR) is 64.8 cm³/mol. The molecule has 0 heterocycles. The van der Waals surface area contributed by atoms with Gasteiger partial charge in [-0.15, -0.1) is 0 Å². The summed E-state index contributed by atoms with van der Waals surface area (Å²) in [5, 5.41) is 11.8. The number of carboxylic acid groups (broad SMARTS) is 1. The molecule has 17 heavy (non-hydrogen) atoms. The standard InChI is InChI=1S/C12H17FN2O2/c1-15(2)7-6-14-11-5-3-4-10(13)9(11)8-12(16)17/h3-5,14H,6-8H2,1-2H3,(H,16,17). The van der Waals surface area contributed by atoms with E-state index in [9.17, 15) is 9.18 Å². The van der Waals surface area contributed by atoms with Crippen LogP contribution in [-0.4, -0.2) is 43.2 Å². The van der Waals surface area contributed by atoms with Crippen molar-refractivity contribution in [1.29, 1.82) is 0 Å². The van der Waals surface area contributed by atoms with E-state index in [1.807, 2.05) is 19.0 Å². The number of anilines is 1. The Morgan fingerprint density at radius 3 is 2.76 bits per heavy atom. The minimum Gasteiger partial charge on any atom is -0.481 e. The molecule has 4 nitrogen and oxygen atoms in total. The molecule has 0 aromatic heterocycles. The molecule has 1 aromatic carbocycles. The molecule has 1 rings (SSSR count). The highest BCUT2D eigenvalue weighted by Crippen LogP contribution is 2.19. The Morgan fingerprint density at radius 1 is 1.47 bits per heavy atom. The van der Waals surface area contributed by atoms with Crippen molar-refractivity contribution < 1.29 is 14.3 Å². The number of rotatable bonds is 6. The highest BCUT2D eigenvalue weighted by molar-refractivity contribution is 5.73. The van der Waals surface area contributed by atoms with Crippen molar-refractivity contribution in [3.05, 3.63) is 29.6 Å². The Balaban J connectivity index is 2.76. The lowest BCUT2D eigenvalue weighted by molar-refractivity contribution is -0.136. The van der Waals surface area contributed by atoms with Crippen LogP contribution in [0.3, 0.4) is 0 Å². The molecule has 0 atom stereocenters. The van der Waals surface area contributed by atoms with E-state index in [0.29, 0.717) is 12.2 Å². The van der Waals surface area contributed by atoms with Crippen LogP contribution in [0.15, 0.2) is 18.2 Å². The number of aliphatic carboxylic acids is 1. The molecule has 0 bridgehead atoms. The van der Waals surface area contributed by atoms with Crippen LogP contribution in [0, 0.1) is 5.82 Å². The van der Waals surface area contributed by atoms with E-state index in [4.69, 9.17) is 5.11 Å². The van der Waals surface area contributed by atoms with Gasteiger partial charge in [-0.25, -0.2) is 4.39 Å². The van der Waals surface area contributed by atoms with E-state index in [1.165, 1.54) is 6.07 Å². The monoisotopic (exact) mass is 240 g/mol. The van der Waals surface area contributed by atoms with Gasteiger partial charge in [0, 0.05) is 24.3 Å². The summed E-state index contributed by atoms with van der Waals surface area (Å²) in [6, 6.07) is 4.53. The van der Waals surface area contributed by atoms with Gasteiger partial charge < -0.3 is 15.3 Å². The second kappa shape index (κ2) is 6.20. The maximum atomic E-state index is 13.5. The average molecular weight is 240 g/mol. The fourth-order valence-electron chi connectivity index (χ4n) is 1.47. The van der Waals surface area contributed by atoms with Crippen LogP contribution >= 0.6 is 0 Å². The van der Waals surface area contributed by atoms with Crippen LogP contribution < -0.4 is 5.32 Å². The van der Waals surface area contributed by atoms with Gasteiger partial charge >= 0.3 is 5.97 Å². The van der Waals surface area contributed by atoms with Crippen LogP contribution in [0.5, 0.6) is 0 Å². The quantitative estimate of drug-likeness (QED) is 0.789. The van der Waals surface area contributed by atoms with Crippen molar-refractivity contribution in [3.8, 4) is 0 Å². The summed E-state index contributed by atoms with van der Waals surface area (Å²) in [6.45, 7) is 1.44. The van der Waals surface area contributed by atoms with E-state index in [1.54, 1.807) is 12.1 Å². The molecule has 2 N–H and O–H groups in total. The third kappa shape index (κ3) is 4.40. The third-order valence-corrected chi connectivity index (χ3v) is 2.32.